The van der Waals surface area contributed by atoms with Gasteiger partial charge in [-0.2, -0.15) is 0 Å². The summed E-state index contributed by atoms with van der Waals surface area (Å²) in [6.45, 7) is 0. The summed E-state index contributed by atoms with van der Waals surface area (Å²) in [6, 6.07) is 10.9. The second kappa shape index (κ2) is 10.6. The highest BCUT2D eigenvalue weighted by atomic mass is 79.9. The molecule has 0 fully saturated rings. The van der Waals surface area contributed by atoms with E-state index in [0.717, 1.165) is 14.5 Å². The first-order valence-corrected chi connectivity index (χ1v) is 9.44. The quantitative estimate of drug-likeness (QED) is 0.382. The molecule has 0 radical (unpaired) electrons. The smallest absolute Gasteiger partial charge is 0.138 e. The van der Waals surface area contributed by atoms with Gasteiger partial charge in [-0.1, -0.05) is 41.4 Å². The number of benzene rings is 2. The maximum Gasteiger partial charge on any atom is 0.138 e. The average Bonchev–Trinajstić information content (AvgIpc) is 2.50. The Balaban J connectivity index is 0.000000253. The van der Waals surface area contributed by atoms with Gasteiger partial charge in [0.05, 0.1) is 14.5 Å². The van der Waals surface area contributed by atoms with Crippen LogP contribution in [0.25, 0.3) is 0 Å². The van der Waals surface area contributed by atoms with E-state index in [1.54, 1.807) is 18.2 Å². The van der Waals surface area contributed by atoms with Crippen molar-refractivity contribution in [1.29, 1.82) is 0 Å². The zero-order valence-corrected chi connectivity index (χ0v) is 17.4. The highest BCUT2D eigenvalue weighted by Crippen LogP contribution is 2.27. The molecule has 0 aliphatic heterocycles. The van der Waals surface area contributed by atoms with E-state index in [1.807, 2.05) is 18.2 Å². The SMILES string of the molecule is Nc1cccc(Cl)c1Br.O=C(CCCl)Cc1cccc(Cl)c1Br. The molecule has 2 nitrogen and oxygen atoms in total. The van der Waals surface area contributed by atoms with Crippen LogP contribution >= 0.6 is 66.7 Å². The highest BCUT2D eigenvalue weighted by Gasteiger charge is 2.08. The van der Waals surface area contributed by atoms with E-state index < -0.39 is 0 Å². The number of alkyl halides is 1. The summed E-state index contributed by atoms with van der Waals surface area (Å²) in [4.78, 5) is 11.3. The monoisotopic (exact) mass is 499 g/mol. The standard InChI is InChI=1S/C10H9BrCl2O.C6H5BrClN/c11-10-7(2-1-3-9(10)13)6-8(14)4-5-12;7-6-4(8)2-1-3-5(6)9/h1-3H,4-6H2;1-3H,9H2. The lowest BCUT2D eigenvalue weighted by molar-refractivity contribution is -0.118. The Morgan fingerprint density at radius 2 is 1.57 bits per heavy atom. The number of Topliss-reactive ketones (excluding diaryl/α,β-unsaturated/α-hetero) is 1. The van der Waals surface area contributed by atoms with Gasteiger partial charge in [0, 0.05) is 28.9 Å². The van der Waals surface area contributed by atoms with Gasteiger partial charge in [-0.15, -0.1) is 11.6 Å². The van der Waals surface area contributed by atoms with Crippen LogP contribution in [-0.4, -0.2) is 11.7 Å². The molecule has 0 saturated carbocycles. The molecule has 0 aliphatic rings. The van der Waals surface area contributed by atoms with Crippen molar-refractivity contribution in [2.24, 2.45) is 0 Å². The molecule has 0 bridgehead atoms. The van der Waals surface area contributed by atoms with Gasteiger partial charge in [-0.25, -0.2) is 0 Å². The number of anilines is 1. The zero-order valence-electron chi connectivity index (χ0n) is 12.0. The number of nitrogens with two attached hydrogens (primary N) is 1. The van der Waals surface area contributed by atoms with Crippen molar-refractivity contribution < 1.29 is 4.79 Å². The third kappa shape index (κ3) is 7.02. The fraction of sp³-hybridized carbons (Fsp3) is 0.188. The molecule has 2 N–H and O–H groups in total. The maximum atomic E-state index is 11.3. The molecule has 2 aromatic carbocycles. The molecule has 2 rings (SSSR count). The molecular weight excluding hydrogens is 488 g/mol. The van der Waals surface area contributed by atoms with Crippen LogP contribution in [0.4, 0.5) is 5.69 Å². The number of ketones is 1. The first kappa shape index (κ1) is 20.8. The normalized spacial score (nSPS) is 9.96. The van der Waals surface area contributed by atoms with E-state index in [-0.39, 0.29) is 5.78 Å². The molecule has 23 heavy (non-hydrogen) atoms. The van der Waals surface area contributed by atoms with Crippen molar-refractivity contribution in [3.05, 3.63) is 61.0 Å². The Morgan fingerprint density at radius 1 is 1.00 bits per heavy atom. The number of carbonyl (C=O) groups excluding carboxylic acids is 1. The molecule has 7 heteroatoms. The molecule has 0 unspecified atom stereocenters. The van der Waals surface area contributed by atoms with Crippen LogP contribution in [0.5, 0.6) is 0 Å². The van der Waals surface area contributed by atoms with Gasteiger partial charge in [0.25, 0.3) is 0 Å². The Bertz CT molecular complexity index is 660. The van der Waals surface area contributed by atoms with Crippen LogP contribution in [0.15, 0.2) is 45.3 Å². The van der Waals surface area contributed by atoms with Gasteiger partial charge in [0.15, 0.2) is 0 Å². The summed E-state index contributed by atoms with van der Waals surface area (Å²) < 4.78 is 1.57. The third-order valence-corrected chi connectivity index (χ3v) is 5.87. The minimum absolute atomic E-state index is 0.128. The zero-order chi connectivity index (χ0) is 17.4. The summed E-state index contributed by atoms with van der Waals surface area (Å²) >= 11 is 23.6. The van der Waals surface area contributed by atoms with Crippen LogP contribution in [0.2, 0.25) is 10.0 Å². The predicted molar refractivity (Wildman–Crippen MR) is 107 cm³/mol. The Kier molecular flexibility index (Phi) is 9.55. The number of hydrogen-bond acceptors (Lipinski definition) is 2. The van der Waals surface area contributed by atoms with E-state index in [9.17, 15) is 4.79 Å². The Labute approximate surface area is 167 Å². The second-order valence-electron chi connectivity index (χ2n) is 4.51. The number of carbonyl (C=O) groups is 1. The van der Waals surface area contributed by atoms with Crippen LogP contribution in [0.3, 0.4) is 0 Å². The first-order valence-electron chi connectivity index (χ1n) is 6.56. The van der Waals surface area contributed by atoms with Gasteiger partial charge in [-0.3, -0.25) is 4.79 Å². The minimum Gasteiger partial charge on any atom is -0.398 e. The van der Waals surface area contributed by atoms with Crippen LogP contribution < -0.4 is 5.73 Å². The first-order chi connectivity index (χ1) is 10.9. The lowest BCUT2D eigenvalue weighted by Crippen LogP contribution is -2.03. The lowest BCUT2D eigenvalue weighted by Gasteiger charge is -2.04. The lowest BCUT2D eigenvalue weighted by atomic mass is 10.1. The highest BCUT2D eigenvalue weighted by molar-refractivity contribution is 9.11. The van der Waals surface area contributed by atoms with Crippen molar-refractivity contribution in [3.63, 3.8) is 0 Å². The Hall–Kier alpha value is -0.260. The second-order valence-corrected chi connectivity index (χ2v) is 7.29. The Morgan fingerprint density at radius 3 is 2.09 bits per heavy atom. The molecule has 0 spiro atoms. The molecule has 0 aromatic heterocycles. The van der Waals surface area contributed by atoms with E-state index in [1.165, 1.54) is 0 Å². The predicted octanol–water partition coefficient (Wildman–Crippen LogP) is 6.53. The number of halogens is 5. The molecule has 0 aliphatic carbocycles. The van der Waals surface area contributed by atoms with E-state index >= 15 is 0 Å². The fourth-order valence-corrected chi connectivity index (χ4v) is 2.87. The van der Waals surface area contributed by atoms with Crippen LogP contribution in [0.1, 0.15) is 12.0 Å². The van der Waals surface area contributed by atoms with Crippen LogP contribution in [0, 0.1) is 0 Å². The van der Waals surface area contributed by atoms with Crippen molar-refractivity contribution in [2.75, 3.05) is 11.6 Å². The number of nitrogen functional groups attached to an aromatic ring is 1. The third-order valence-electron chi connectivity index (χ3n) is 2.77. The molecule has 2 aromatic rings. The summed E-state index contributed by atoms with van der Waals surface area (Å²) in [5.41, 5.74) is 7.07. The van der Waals surface area contributed by atoms with E-state index in [4.69, 9.17) is 40.5 Å². The van der Waals surface area contributed by atoms with Crippen molar-refractivity contribution in [1.82, 2.24) is 0 Å². The summed E-state index contributed by atoms with van der Waals surface area (Å²) in [7, 11) is 0. The molecule has 124 valence electrons. The van der Waals surface area contributed by atoms with Gasteiger partial charge in [0.1, 0.15) is 5.78 Å². The van der Waals surface area contributed by atoms with Gasteiger partial charge in [-0.05, 0) is 55.6 Å². The molecule has 0 saturated heterocycles. The van der Waals surface area contributed by atoms with Crippen molar-refractivity contribution >= 4 is 78.1 Å². The average molecular weight is 502 g/mol. The topological polar surface area (TPSA) is 43.1 Å². The maximum absolute atomic E-state index is 11.3. The number of hydrogen-bond donors (Lipinski definition) is 1. The number of rotatable bonds is 4. The largest absolute Gasteiger partial charge is 0.398 e. The fourth-order valence-electron chi connectivity index (χ4n) is 1.61. The minimum atomic E-state index is 0.128. The van der Waals surface area contributed by atoms with E-state index in [0.29, 0.717) is 34.5 Å². The molecule has 0 heterocycles. The van der Waals surface area contributed by atoms with Gasteiger partial charge in [0.2, 0.25) is 0 Å². The summed E-state index contributed by atoms with van der Waals surface area (Å²) in [5, 5.41) is 1.27. The van der Waals surface area contributed by atoms with Gasteiger partial charge >= 0.3 is 0 Å². The molecule has 0 atom stereocenters. The molecule has 0 amide bonds. The van der Waals surface area contributed by atoms with Crippen molar-refractivity contribution in [2.45, 2.75) is 12.8 Å². The summed E-state index contributed by atoms with van der Waals surface area (Å²) in [6.07, 6.45) is 0.786. The van der Waals surface area contributed by atoms with E-state index in [2.05, 4.69) is 31.9 Å². The summed E-state index contributed by atoms with van der Waals surface area (Å²) in [5.74, 6) is 0.500. The van der Waals surface area contributed by atoms with Crippen LogP contribution in [-0.2, 0) is 11.2 Å². The van der Waals surface area contributed by atoms with Crippen molar-refractivity contribution in [3.8, 4) is 0 Å². The van der Waals surface area contributed by atoms with Gasteiger partial charge < -0.3 is 5.73 Å². The molecular formula is C16H14Br2Cl3NO.